The number of ether oxygens (including phenoxy) is 2. The van der Waals surface area contributed by atoms with E-state index in [0.29, 0.717) is 11.7 Å². The fourth-order valence-corrected chi connectivity index (χ4v) is 3.00. The highest BCUT2D eigenvalue weighted by Gasteiger charge is 2.21. The first-order chi connectivity index (χ1) is 10.6. The zero-order chi connectivity index (χ0) is 16.1. The van der Waals surface area contributed by atoms with Crippen molar-refractivity contribution in [1.29, 1.82) is 0 Å². The summed E-state index contributed by atoms with van der Waals surface area (Å²) in [7, 11) is 3.00. The fourth-order valence-electron chi connectivity index (χ4n) is 2.06. The first kappa shape index (κ1) is 16.4. The van der Waals surface area contributed by atoms with Crippen LogP contribution in [0.5, 0.6) is 5.75 Å². The summed E-state index contributed by atoms with van der Waals surface area (Å²) in [6.07, 6.45) is 0. The van der Waals surface area contributed by atoms with Crippen LogP contribution in [0.3, 0.4) is 0 Å². The highest BCUT2D eigenvalue weighted by molar-refractivity contribution is 8.00. The molecule has 7 heteroatoms. The highest BCUT2D eigenvalue weighted by Crippen LogP contribution is 2.31. The van der Waals surface area contributed by atoms with E-state index in [9.17, 15) is 4.79 Å². The van der Waals surface area contributed by atoms with Crippen LogP contribution in [0.25, 0.3) is 11.4 Å². The van der Waals surface area contributed by atoms with Gasteiger partial charge in [-0.25, -0.2) is 0 Å². The van der Waals surface area contributed by atoms with Crippen molar-refractivity contribution in [1.82, 2.24) is 14.8 Å². The van der Waals surface area contributed by atoms with Crippen LogP contribution in [0.1, 0.15) is 13.8 Å². The lowest BCUT2D eigenvalue weighted by atomic mass is 10.2. The predicted octanol–water partition coefficient (Wildman–Crippen LogP) is 2.63. The molecule has 0 saturated carbocycles. The van der Waals surface area contributed by atoms with Crippen molar-refractivity contribution in [3.05, 3.63) is 24.3 Å². The van der Waals surface area contributed by atoms with Crippen LogP contribution in [0, 0.1) is 0 Å². The first-order valence-electron chi connectivity index (χ1n) is 6.93. The molecule has 0 radical (unpaired) electrons. The molecule has 0 amide bonds. The minimum atomic E-state index is -0.343. The van der Waals surface area contributed by atoms with Gasteiger partial charge in [-0.1, -0.05) is 23.9 Å². The van der Waals surface area contributed by atoms with Gasteiger partial charge in [0.05, 0.1) is 19.8 Å². The third kappa shape index (κ3) is 3.24. The van der Waals surface area contributed by atoms with Gasteiger partial charge in [0.1, 0.15) is 11.0 Å². The molecule has 0 fully saturated rings. The van der Waals surface area contributed by atoms with Crippen molar-refractivity contribution in [2.24, 2.45) is 0 Å². The van der Waals surface area contributed by atoms with Crippen LogP contribution < -0.4 is 4.74 Å². The van der Waals surface area contributed by atoms with E-state index in [1.54, 1.807) is 14.0 Å². The Bertz CT molecular complexity index is 657. The average Bonchev–Trinajstić information content (AvgIpc) is 2.96. The van der Waals surface area contributed by atoms with E-state index in [-0.39, 0.29) is 11.2 Å². The van der Waals surface area contributed by atoms with Gasteiger partial charge in [0, 0.05) is 6.54 Å². The number of para-hydroxylation sites is 1. The second-order valence-corrected chi connectivity index (χ2v) is 5.84. The lowest BCUT2D eigenvalue weighted by Crippen LogP contribution is -2.15. The number of thioether (sulfide) groups is 1. The standard InChI is InChI=1S/C15H19N3O3S/c1-5-18-13(11-8-6-7-9-12(11)20-3)16-17-15(18)22-10(2)14(19)21-4/h6-10H,5H2,1-4H3. The summed E-state index contributed by atoms with van der Waals surface area (Å²) in [6, 6.07) is 7.65. The molecule has 118 valence electrons. The maximum atomic E-state index is 11.6. The Hall–Kier alpha value is -2.02. The van der Waals surface area contributed by atoms with Gasteiger partial charge in [-0.15, -0.1) is 10.2 Å². The molecule has 0 N–H and O–H groups in total. The molecule has 2 rings (SSSR count). The molecular formula is C15H19N3O3S. The van der Waals surface area contributed by atoms with Crippen molar-refractivity contribution in [2.45, 2.75) is 30.8 Å². The Morgan fingerprint density at radius 2 is 2.05 bits per heavy atom. The van der Waals surface area contributed by atoms with E-state index in [0.717, 1.165) is 17.1 Å². The maximum absolute atomic E-state index is 11.6. The van der Waals surface area contributed by atoms with E-state index in [4.69, 9.17) is 9.47 Å². The predicted molar refractivity (Wildman–Crippen MR) is 85.0 cm³/mol. The highest BCUT2D eigenvalue weighted by atomic mass is 32.2. The van der Waals surface area contributed by atoms with Gasteiger partial charge in [0.2, 0.25) is 0 Å². The first-order valence-corrected chi connectivity index (χ1v) is 7.81. The van der Waals surface area contributed by atoms with Crippen molar-refractivity contribution < 1.29 is 14.3 Å². The molecule has 1 aromatic heterocycles. The van der Waals surface area contributed by atoms with Crippen molar-refractivity contribution in [2.75, 3.05) is 14.2 Å². The minimum absolute atomic E-state index is 0.283. The molecule has 2 aromatic rings. The van der Waals surface area contributed by atoms with E-state index in [1.807, 2.05) is 35.8 Å². The molecular weight excluding hydrogens is 302 g/mol. The van der Waals surface area contributed by atoms with Crippen molar-refractivity contribution in [3.8, 4) is 17.1 Å². The number of carbonyl (C=O) groups is 1. The quantitative estimate of drug-likeness (QED) is 0.602. The number of hydrogen-bond donors (Lipinski definition) is 0. The molecule has 0 aliphatic rings. The van der Waals surface area contributed by atoms with Crippen molar-refractivity contribution >= 4 is 17.7 Å². The smallest absolute Gasteiger partial charge is 0.318 e. The van der Waals surface area contributed by atoms with E-state index in [1.165, 1.54) is 18.9 Å². The fraction of sp³-hybridized carbons (Fsp3) is 0.400. The summed E-state index contributed by atoms with van der Waals surface area (Å²) in [5.74, 6) is 1.18. The second kappa shape index (κ2) is 7.31. The normalized spacial score (nSPS) is 12.0. The van der Waals surface area contributed by atoms with E-state index in [2.05, 4.69) is 10.2 Å². The topological polar surface area (TPSA) is 66.2 Å². The molecule has 1 unspecified atom stereocenters. The molecule has 0 saturated heterocycles. The Morgan fingerprint density at radius 1 is 1.32 bits per heavy atom. The van der Waals surface area contributed by atoms with E-state index < -0.39 is 0 Å². The summed E-state index contributed by atoms with van der Waals surface area (Å²) in [4.78, 5) is 11.6. The molecule has 0 aliphatic heterocycles. The van der Waals surface area contributed by atoms with Gasteiger partial charge >= 0.3 is 5.97 Å². The summed E-state index contributed by atoms with van der Waals surface area (Å²) < 4.78 is 12.1. The lowest BCUT2D eigenvalue weighted by molar-refractivity contribution is -0.139. The van der Waals surface area contributed by atoms with Crippen LogP contribution >= 0.6 is 11.8 Å². The number of methoxy groups -OCH3 is 2. The van der Waals surface area contributed by atoms with Crippen LogP contribution in [-0.4, -0.2) is 40.2 Å². The SMILES string of the molecule is CCn1c(SC(C)C(=O)OC)nnc1-c1ccccc1OC. The molecule has 1 aromatic carbocycles. The van der Waals surface area contributed by atoms with E-state index >= 15 is 0 Å². The Labute approximate surface area is 133 Å². The van der Waals surface area contributed by atoms with Crippen LogP contribution in [0.2, 0.25) is 0 Å². The largest absolute Gasteiger partial charge is 0.496 e. The van der Waals surface area contributed by atoms with Crippen molar-refractivity contribution in [3.63, 3.8) is 0 Å². The Balaban J connectivity index is 2.37. The Kier molecular flexibility index (Phi) is 5.43. The van der Waals surface area contributed by atoms with Gasteiger partial charge in [-0.2, -0.15) is 0 Å². The molecule has 0 spiro atoms. The molecule has 0 aliphatic carbocycles. The van der Waals surface area contributed by atoms with Gasteiger partial charge in [0.25, 0.3) is 0 Å². The lowest BCUT2D eigenvalue weighted by Gasteiger charge is -2.12. The summed E-state index contributed by atoms with van der Waals surface area (Å²) in [5, 5.41) is 8.81. The van der Waals surface area contributed by atoms with Crippen LogP contribution in [0.4, 0.5) is 0 Å². The van der Waals surface area contributed by atoms with Gasteiger partial charge < -0.3 is 14.0 Å². The number of hydrogen-bond acceptors (Lipinski definition) is 6. The molecule has 1 heterocycles. The minimum Gasteiger partial charge on any atom is -0.496 e. The summed E-state index contributed by atoms with van der Waals surface area (Å²) >= 11 is 1.33. The maximum Gasteiger partial charge on any atom is 0.318 e. The summed E-state index contributed by atoms with van der Waals surface area (Å²) in [5.41, 5.74) is 0.872. The molecule has 1 atom stereocenters. The zero-order valence-corrected chi connectivity index (χ0v) is 13.9. The second-order valence-electron chi connectivity index (χ2n) is 4.53. The van der Waals surface area contributed by atoms with Gasteiger partial charge in [-0.05, 0) is 26.0 Å². The molecule has 22 heavy (non-hydrogen) atoms. The number of benzene rings is 1. The number of carbonyl (C=O) groups excluding carboxylic acids is 1. The van der Waals surface area contributed by atoms with Gasteiger partial charge in [-0.3, -0.25) is 4.79 Å². The number of rotatable bonds is 6. The monoisotopic (exact) mass is 321 g/mol. The molecule has 6 nitrogen and oxygen atoms in total. The number of esters is 1. The third-order valence-corrected chi connectivity index (χ3v) is 4.26. The average molecular weight is 321 g/mol. The zero-order valence-electron chi connectivity index (χ0n) is 13.1. The number of aromatic nitrogens is 3. The molecule has 0 bridgehead atoms. The van der Waals surface area contributed by atoms with Gasteiger partial charge in [0.15, 0.2) is 11.0 Å². The van der Waals surface area contributed by atoms with Crippen LogP contribution in [0.15, 0.2) is 29.4 Å². The van der Waals surface area contributed by atoms with Crippen LogP contribution in [-0.2, 0) is 16.1 Å². The third-order valence-electron chi connectivity index (χ3n) is 3.20. The Morgan fingerprint density at radius 3 is 2.68 bits per heavy atom. The summed E-state index contributed by atoms with van der Waals surface area (Å²) in [6.45, 7) is 4.49. The number of nitrogens with zero attached hydrogens (tertiary/aromatic N) is 3.